The molecule has 0 atom stereocenters. The van der Waals surface area contributed by atoms with Crippen LogP contribution in [0.2, 0.25) is 0 Å². The Hall–Kier alpha value is -1.69. The minimum Gasteiger partial charge on any atom is -0.392 e. The van der Waals surface area contributed by atoms with Gasteiger partial charge in [-0.2, -0.15) is 0 Å². The highest BCUT2D eigenvalue weighted by Crippen LogP contribution is 2.24. The number of carbonyl (C=O) groups excluding carboxylic acids is 1. The van der Waals surface area contributed by atoms with E-state index in [0.29, 0.717) is 13.1 Å². The Balaban J connectivity index is 2.93. The molecule has 1 N–H and O–H groups in total. The van der Waals surface area contributed by atoms with Gasteiger partial charge in [-0.15, -0.1) is 0 Å². The highest BCUT2D eigenvalue weighted by molar-refractivity contribution is 5.81. The van der Waals surface area contributed by atoms with Crippen molar-refractivity contribution in [3.8, 4) is 0 Å². The zero-order chi connectivity index (χ0) is 15.3. The van der Waals surface area contributed by atoms with Crippen molar-refractivity contribution in [3.05, 3.63) is 29.3 Å². The predicted molar refractivity (Wildman–Crippen MR) is 73.5 cm³/mol. The number of benzene rings is 1. The molecule has 4 nitrogen and oxygen atoms in total. The monoisotopic (exact) mass is 286 g/mol. The summed E-state index contributed by atoms with van der Waals surface area (Å²) in [6.07, 6.45) is 0. The van der Waals surface area contributed by atoms with E-state index in [4.69, 9.17) is 5.11 Å². The van der Waals surface area contributed by atoms with Gasteiger partial charge >= 0.3 is 0 Å². The largest absolute Gasteiger partial charge is 0.392 e. The number of hydrogen-bond acceptors (Lipinski definition) is 3. The van der Waals surface area contributed by atoms with E-state index in [9.17, 15) is 13.6 Å². The van der Waals surface area contributed by atoms with E-state index in [0.717, 1.165) is 12.1 Å². The first-order chi connectivity index (χ1) is 9.44. The van der Waals surface area contributed by atoms with E-state index in [1.807, 2.05) is 13.8 Å². The third-order valence-corrected chi connectivity index (χ3v) is 3.13. The summed E-state index contributed by atoms with van der Waals surface area (Å²) < 4.78 is 27.7. The van der Waals surface area contributed by atoms with Gasteiger partial charge < -0.3 is 14.9 Å². The fraction of sp³-hybridized carbons (Fsp3) is 0.500. The second-order valence-electron chi connectivity index (χ2n) is 4.49. The van der Waals surface area contributed by atoms with Crippen LogP contribution in [0.4, 0.5) is 14.5 Å². The number of rotatable bonds is 6. The van der Waals surface area contributed by atoms with Gasteiger partial charge in [0.2, 0.25) is 5.91 Å². The van der Waals surface area contributed by atoms with Crippen molar-refractivity contribution >= 4 is 11.6 Å². The van der Waals surface area contributed by atoms with Gasteiger partial charge in [-0.3, -0.25) is 4.79 Å². The highest BCUT2D eigenvalue weighted by atomic mass is 19.1. The lowest BCUT2D eigenvalue weighted by Crippen LogP contribution is -2.39. The van der Waals surface area contributed by atoms with Gasteiger partial charge in [-0.25, -0.2) is 8.78 Å². The summed E-state index contributed by atoms with van der Waals surface area (Å²) >= 11 is 0. The van der Waals surface area contributed by atoms with Crippen molar-refractivity contribution in [2.45, 2.75) is 20.5 Å². The zero-order valence-electron chi connectivity index (χ0n) is 12.0. The van der Waals surface area contributed by atoms with Gasteiger partial charge in [0.15, 0.2) is 0 Å². The van der Waals surface area contributed by atoms with Crippen LogP contribution in [-0.2, 0) is 11.4 Å². The molecule has 0 radical (unpaired) electrons. The number of amides is 1. The molecule has 0 aliphatic heterocycles. The minimum atomic E-state index is -0.788. The molecule has 0 fully saturated rings. The summed E-state index contributed by atoms with van der Waals surface area (Å²) in [5.41, 5.74) is -0.102. The molecule has 0 aliphatic rings. The maximum absolute atomic E-state index is 13.8. The Morgan fingerprint density at radius 1 is 1.20 bits per heavy atom. The summed E-state index contributed by atoms with van der Waals surface area (Å²) in [6.45, 7) is 4.26. The molecule has 0 spiro atoms. The second kappa shape index (κ2) is 7.19. The number of anilines is 1. The van der Waals surface area contributed by atoms with Crippen molar-refractivity contribution in [3.63, 3.8) is 0 Å². The number of halogens is 2. The lowest BCUT2D eigenvalue weighted by Gasteiger charge is -2.25. The average molecular weight is 286 g/mol. The third-order valence-electron chi connectivity index (χ3n) is 3.13. The molecule has 6 heteroatoms. The van der Waals surface area contributed by atoms with Crippen LogP contribution in [0.1, 0.15) is 19.4 Å². The Kier molecular flexibility index (Phi) is 5.88. The van der Waals surface area contributed by atoms with Crippen molar-refractivity contribution in [2.24, 2.45) is 0 Å². The van der Waals surface area contributed by atoms with Gasteiger partial charge in [0, 0.05) is 20.1 Å². The quantitative estimate of drug-likeness (QED) is 0.866. The predicted octanol–water partition coefficient (Wildman–Crippen LogP) is 1.76. The SMILES string of the molecule is CCN(CC)C(=O)CN(C)c1c(F)cc(CO)cc1F. The Morgan fingerprint density at radius 2 is 1.70 bits per heavy atom. The second-order valence-corrected chi connectivity index (χ2v) is 4.49. The number of carbonyl (C=O) groups is 1. The molecular formula is C14H20F2N2O2. The molecule has 112 valence electrons. The summed E-state index contributed by atoms with van der Waals surface area (Å²) in [5, 5.41) is 8.89. The molecule has 1 aromatic rings. The molecule has 0 aliphatic carbocycles. The van der Waals surface area contributed by atoms with Crippen LogP contribution in [0.5, 0.6) is 0 Å². The summed E-state index contributed by atoms with van der Waals surface area (Å²) in [4.78, 5) is 14.8. The van der Waals surface area contributed by atoms with Crippen LogP contribution in [0.15, 0.2) is 12.1 Å². The maximum Gasteiger partial charge on any atom is 0.242 e. The fourth-order valence-corrected chi connectivity index (χ4v) is 2.03. The van der Waals surface area contributed by atoms with Crippen LogP contribution in [0.3, 0.4) is 0 Å². The van der Waals surface area contributed by atoms with E-state index in [-0.39, 0.29) is 23.7 Å². The van der Waals surface area contributed by atoms with E-state index in [1.54, 1.807) is 4.90 Å². The van der Waals surface area contributed by atoms with Gasteiger partial charge in [0.05, 0.1) is 13.2 Å². The molecule has 0 saturated heterocycles. The molecule has 0 heterocycles. The van der Waals surface area contributed by atoms with Crippen LogP contribution >= 0.6 is 0 Å². The lowest BCUT2D eigenvalue weighted by molar-refractivity contribution is -0.129. The van der Waals surface area contributed by atoms with Crippen LogP contribution in [0.25, 0.3) is 0 Å². The zero-order valence-corrected chi connectivity index (χ0v) is 12.0. The van der Waals surface area contributed by atoms with Crippen molar-refractivity contribution in [1.29, 1.82) is 0 Å². The maximum atomic E-state index is 13.8. The van der Waals surface area contributed by atoms with Crippen LogP contribution < -0.4 is 4.90 Å². The minimum absolute atomic E-state index is 0.103. The molecule has 1 rings (SSSR count). The standard InChI is InChI=1S/C14H20F2N2O2/c1-4-18(5-2)13(20)8-17(3)14-11(15)6-10(9-19)7-12(14)16/h6-7,19H,4-5,8-9H2,1-3H3. The number of aliphatic hydroxyl groups excluding tert-OH is 1. The van der Waals surface area contributed by atoms with E-state index < -0.39 is 18.2 Å². The first-order valence-electron chi connectivity index (χ1n) is 6.52. The van der Waals surface area contributed by atoms with E-state index >= 15 is 0 Å². The molecule has 0 bridgehead atoms. The molecular weight excluding hydrogens is 266 g/mol. The lowest BCUT2D eigenvalue weighted by atomic mass is 10.2. The Bertz CT molecular complexity index is 453. The van der Waals surface area contributed by atoms with Crippen LogP contribution in [-0.4, -0.2) is 42.6 Å². The normalized spacial score (nSPS) is 10.5. The molecule has 0 saturated carbocycles. The highest BCUT2D eigenvalue weighted by Gasteiger charge is 2.19. The average Bonchev–Trinajstić information content (AvgIpc) is 2.38. The van der Waals surface area contributed by atoms with Crippen LogP contribution in [0, 0.1) is 11.6 Å². The first kappa shape index (κ1) is 16.4. The summed E-state index contributed by atoms with van der Waals surface area (Å²) in [6, 6.07) is 2.13. The number of hydrogen-bond donors (Lipinski definition) is 1. The molecule has 0 unspecified atom stereocenters. The van der Waals surface area contributed by atoms with Gasteiger partial charge in [0.25, 0.3) is 0 Å². The van der Waals surface area contributed by atoms with Gasteiger partial charge in [0.1, 0.15) is 17.3 Å². The summed E-state index contributed by atoms with van der Waals surface area (Å²) in [5.74, 6) is -1.77. The van der Waals surface area contributed by atoms with Crippen molar-refractivity contribution in [1.82, 2.24) is 4.90 Å². The number of likely N-dealkylation sites (N-methyl/N-ethyl adjacent to an activating group) is 2. The molecule has 1 amide bonds. The Morgan fingerprint density at radius 3 is 2.10 bits per heavy atom. The van der Waals surface area contributed by atoms with Crippen molar-refractivity contribution < 1.29 is 18.7 Å². The summed E-state index contributed by atoms with van der Waals surface area (Å²) in [7, 11) is 1.46. The molecule has 1 aromatic carbocycles. The third kappa shape index (κ3) is 3.66. The fourth-order valence-electron chi connectivity index (χ4n) is 2.03. The Labute approximate surface area is 117 Å². The topological polar surface area (TPSA) is 43.8 Å². The molecule has 20 heavy (non-hydrogen) atoms. The number of aliphatic hydroxyl groups is 1. The van der Waals surface area contributed by atoms with Gasteiger partial charge in [-0.05, 0) is 31.5 Å². The smallest absolute Gasteiger partial charge is 0.242 e. The van der Waals surface area contributed by atoms with Gasteiger partial charge in [-0.1, -0.05) is 0 Å². The van der Waals surface area contributed by atoms with Crippen molar-refractivity contribution in [2.75, 3.05) is 31.6 Å². The number of nitrogens with zero attached hydrogens (tertiary/aromatic N) is 2. The van der Waals surface area contributed by atoms with E-state index in [1.165, 1.54) is 11.9 Å². The first-order valence-corrected chi connectivity index (χ1v) is 6.52. The molecule has 0 aromatic heterocycles. The van der Waals surface area contributed by atoms with E-state index in [2.05, 4.69) is 0 Å².